The number of rotatable bonds is 2. The van der Waals surface area contributed by atoms with Gasteiger partial charge < -0.3 is 5.32 Å². The number of nitrogens with one attached hydrogen (secondary N) is 1. The van der Waals surface area contributed by atoms with Gasteiger partial charge in [-0.05, 0) is 31.3 Å². The van der Waals surface area contributed by atoms with Crippen LogP contribution < -0.4 is 5.32 Å². The van der Waals surface area contributed by atoms with Gasteiger partial charge in [0, 0.05) is 5.69 Å². The van der Waals surface area contributed by atoms with Crippen LogP contribution in [0.1, 0.15) is 17.2 Å². The summed E-state index contributed by atoms with van der Waals surface area (Å²) < 4.78 is 38.9. The van der Waals surface area contributed by atoms with Crippen molar-refractivity contribution in [3.63, 3.8) is 0 Å². The Morgan fingerprint density at radius 3 is 2.56 bits per heavy atom. The summed E-state index contributed by atoms with van der Waals surface area (Å²) in [6, 6.07) is 2.73. The maximum absolute atomic E-state index is 13.0. The third-order valence-electron chi connectivity index (χ3n) is 2.90. The number of amides is 1. The van der Waals surface area contributed by atoms with Crippen LogP contribution in [0.4, 0.5) is 18.9 Å². The van der Waals surface area contributed by atoms with Crippen molar-refractivity contribution < 1.29 is 18.0 Å². The SMILES string of the molecule is CN(C)C(c1ccc2c(c1)CC(=O)N2)C(F)(F)F. The molecule has 0 saturated carbocycles. The number of nitrogens with zero attached hydrogens (tertiary/aromatic N) is 1. The zero-order chi connectivity index (χ0) is 13.5. The summed E-state index contributed by atoms with van der Waals surface area (Å²) in [7, 11) is 2.77. The van der Waals surface area contributed by atoms with Crippen molar-refractivity contribution in [2.75, 3.05) is 19.4 Å². The molecule has 3 nitrogen and oxygen atoms in total. The number of hydrogen-bond donors (Lipinski definition) is 1. The molecule has 1 heterocycles. The number of carbonyl (C=O) groups excluding carboxylic acids is 1. The van der Waals surface area contributed by atoms with Crippen LogP contribution in [0.3, 0.4) is 0 Å². The Morgan fingerprint density at radius 1 is 1.33 bits per heavy atom. The normalized spacial score (nSPS) is 16.7. The van der Waals surface area contributed by atoms with E-state index in [1.807, 2.05) is 0 Å². The van der Waals surface area contributed by atoms with E-state index in [2.05, 4.69) is 5.32 Å². The van der Waals surface area contributed by atoms with E-state index in [1.165, 1.54) is 32.3 Å². The van der Waals surface area contributed by atoms with Gasteiger partial charge in [-0.25, -0.2) is 0 Å². The average Bonchev–Trinajstić information content (AvgIpc) is 2.54. The summed E-state index contributed by atoms with van der Waals surface area (Å²) >= 11 is 0. The Kier molecular flexibility index (Phi) is 3.06. The van der Waals surface area contributed by atoms with Gasteiger partial charge in [0.1, 0.15) is 6.04 Å². The van der Waals surface area contributed by atoms with E-state index >= 15 is 0 Å². The maximum atomic E-state index is 13.0. The molecule has 1 aliphatic heterocycles. The number of halogens is 3. The van der Waals surface area contributed by atoms with Gasteiger partial charge in [0.25, 0.3) is 0 Å². The van der Waals surface area contributed by atoms with E-state index in [0.29, 0.717) is 11.3 Å². The first-order valence-electron chi connectivity index (χ1n) is 5.45. The molecular weight excluding hydrogens is 245 g/mol. The summed E-state index contributed by atoms with van der Waals surface area (Å²) in [6.45, 7) is 0. The Bertz CT molecular complexity index is 483. The lowest BCUT2D eigenvalue weighted by Crippen LogP contribution is -2.33. The molecule has 0 aliphatic carbocycles. The quantitative estimate of drug-likeness (QED) is 0.883. The van der Waals surface area contributed by atoms with E-state index in [1.54, 1.807) is 0 Å². The van der Waals surface area contributed by atoms with Gasteiger partial charge in [-0.3, -0.25) is 9.69 Å². The molecule has 1 unspecified atom stereocenters. The fraction of sp³-hybridized carbons (Fsp3) is 0.417. The molecule has 0 spiro atoms. The molecule has 1 aliphatic rings. The molecule has 18 heavy (non-hydrogen) atoms. The van der Waals surface area contributed by atoms with E-state index in [-0.39, 0.29) is 17.9 Å². The lowest BCUT2D eigenvalue weighted by Gasteiger charge is -2.27. The summed E-state index contributed by atoms with van der Waals surface area (Å²) in [4.78, 5) is 12.3. The second kappa shape index (κ2) is 4.28. The molecule has 1 aromatic rings. The van der Waals surface area contributed by atoms with Crippen LogP contribution >= 0.6 is 0 Å². The zero-order valence-corrected chi connectivity index (χ0v) is 10.0. The largest absolute Gasteiger partial charge is 0.408 e. The van der Waals surface area contributed by atoms with Crippen LogP contribution in [0.2, 0.25) is 0 Å². The molecule has 1 amide bonds. The molecule has 98 valence electrons. The third-order valence-corrected chi connectivity index (χ3v) is 2.90. The van der Waals surface area contributed by atoms with Crippen molar-refractivity contribution in [1.29, 1.82) is 0 Å². The molecule has 6 heteroatoms. The van der Waals surface area contributed by atoms with E-state index in [0.717, 1.165) is 4.90 Å². The van der Waals surface area contributed by atoms with Crippen LogP contribution in [-0.4, -0.2) is 31.1 Å². The van der Waals surface area contributed by atoms with Gasteiger partial charge >= 0.3 is 6.18 Å². The van der Waals surface area contributed by atoms with Gasteiger partial charge in [-0.15, -0.1) is 0 Å². The van der Waals surface area contributed by atoms with Crippen molar-refractivity contribution in [2.24, 2.45) is 0 Å². The predicted molar refractivity (Wildman–Crippen MR) is 61.3 cm³/mol. The van der Waals surface area contributed by atoms with Crippen molar-refractivity contribution >= 4 is 11.6 Å². The molecule has 2 rings (SSSR count). The van der Waals surface area contributed by atoms with Crippen molar-refractivity contribution in [1.82, 2.24) is 4.90 Å². The van der Waals surface area contributed by atoms with Crippen molar-refractivity contribution in [3.8, 4) is 0 Å². The first-order valence-corrected chi connectivity index (χ1v) is 5.45. The highest BCUT2D eigenvalue weighted by Gasteiger charge is 2.42. The van der Waals surface area contributed by atoms with E-state index < -0.39 is 12.2 Å². The Hall–Kier alpha value is -1.56. The fourth-order valence-electron chi connectivity index (χ4n) is 2.20. The highest BCUT2D eigenvalue weighted by Crippen LogP contribution is 2.38. The second-order valence-corrected chi connectivity index (χ2v) is 4.55. The first kappa shape index (κ1) is 12.9. The second-order valence-electron chi connectivity index (χ2n) is 4.55. The number of alkyl halides is 3. The molecule has 0 aromatic heterocycles. The lowest BCUT2D eigenvalue weighted by atomic mass is 10.0. The Labute approximate surface area is 103 Å². The van der Waals surface area contributed by atoms with E-state index in [9.17, 15) is 18.0 Å². The van der Waals surface area contributed by atoms with E-state index in [4.69, 9.17) is 0 Å². The molecule has 0 radical (unpaired) electrons. The van der Waals surface area contributed by atoms with Crippen LogP contribution in [0.5, 0.6) is 0 Å². The number of benzene rings is 1. The molecule has 0 bridgehead atoms. The van der Waals surface area contributed by atoms with Crippen LogP contribution in [0, 0.1) is 0 Å². The average molecular weight is 258 g/mol. The molecule has 1 atom stereocenters. The third kappa shape index (κ3) is 2.33. The molecule has 0 fully saturated rings. The first-order chi connectivity index (χ1) is 8.29. The minimum Gasteiger partial charge on any atom is -0.326 e. The van der Waals surface area contributed by atoms with Crippen LogP contribution in [0.15, 0.2) is 18.2 Å². The zero-order valence-electron chi connectivity index (χ0n) is 10.0. The number of anilines is 1. The Balaban J connectivity index is 2.39. The lowest BCUT2D eigenvalue weighted by molar-refractivity contribution is -0.179. The van der Waals surface area contributed by atoms with Gasteiger partial charge in [-0.1, -0.05) is 12.1 Å². The van der Waals surface area contributed by atoms with Gasteiger partial charge in [-0.2, -0.15) is 13.2 Å². The monoisotopic (exact) mass is 258 g/mol. The molecule has 0 saturated heterocycles. The van der Waals surface area contributed by atoms with Crippen LogP contribution in [0.25, 0.3) is 0 Å². The minimum absolute atomic E-state index is 0.140. The standard InChI is InChI=1S/C12H13F3N2O/c1-17(2)11(12(13,14)15)7-3-4-9-8(5-7)6-10(18)16-9/h3-5,11H,6H2,1-2H3,(H,16,18). The number of fused-ring (bicyclic) bond motifs is 1. The topological polar surface area (TPSA) is 32.3 Å². The van der Waals surface area contributed by atoms with Crippen LogP contribution in [-0.2, 0) is 11.2 Å². The summed E-state index contributed by atoms with van der Waals surface area (Å²) in [6.07, 6.45) is -4.20. The number of hydrogen-bond acceptors (Lipinski definition) is 2. The van der Waals surface area contributed by atoms with Gasteiger partial charge in [0.05, 0.1) is 6.42 Å². The predicted octanol–water partition coefficient (Wildman–Crippen LogP) is 2.35. The minimum atomic E-state index is -4.34. The molecule has 1 N–H and O–H groups in total. The summed E-state index contributed by atoms with van der Waals surface area (Å²) in [5.74, 6) is -0.185. The number of carbonyl (C=O) groups is 1. The fourth-order valence-corrected chi connectivity index (χ4v) is 2.20. The van der Waals surface area contributed by atoms with Crippen molar-refractivity contribution in [3.05, 3.63) is 29.3 Å². The maximum Gasteiger partial charge on any atom is 0.408 e. The van der Waals surface area contributed by atoms with Gasteiger partial charge in [0.15, 0.2) is 0 Å². The van der Waals surface area contributed by atoms with Gasteiger partial charge in [0.2, 0.25) is 5.91 Å². The molecule has 1 aromatic carbocycles. The molecular formula is C12H13F3N2O. The highest BCUT2D eigenvalue weighted by molar-refractivity contribution is 5.99. The van der Waals surface area contributed by atoms with Crippen molar-refractivity contribution in [2.45, 2.75) is 18.6 Å². The Morgan fingerprint density at radius 2 is 2.00 bits per heavy atom. The summed E-state index contributed by atoms with van der Waals surface area (Å²) in [5.41, 5.74) is 1.37. The smallest absolute Gasteiger partial charge is 0.326 e. The highest BCUT2D eigenvalue weighted by atomic mass is 19.4. The summed E-state index contributed by atoms with van der Waals surface area (Å²) in [5, 5.41) is 2.60.